The van der Waals surface area contributed by atoms with Crippen LogP contribution in [0.3, 0.4) is 0 Å². The molecule has 0 heterocycles. The van der Waals surface area contributed by atoms with E-state index in [0.29, 0.717) is 37.8 Å². The Morgan fingerprint density at radius 2 is 1.44 bits per heavy atom. The van der Waals surface area contributed by atoms with Gasteiger partial charge in [-0.1, -0.05) is 42.5 Å². The minimum Gasteiger partial charge on any atom is -0.346 e. The third-order valence-corrected chi connectivity index (χ3v) is 6.00. The predicted octanol–water partition coefficient (Wildman–Crippen LogP) is 6.97. The number of benzene rings is 2. The molecule has 1 aliphatic carbocycles. The molecule has 0 radical (unpaired) electrons. The number of allylic oxidation sites excluding steroid dienone is 1. The normalized spacial score (nSPS) is 17.7. The van der Waals surface area contributed by atoms with Crippen LogP contribution >= 0.6 is 0 Å². The maximum absolute atomic E-state index is 13.2. The smallest absolute Gasteiger partial charge is 0.346 e. The third kappa shape index (κ3) is 5.16. The molecule has 3 rings (SSSR count). The highest BCUT2D eigenvalue weighted by Gasteiger charge is 2.40. The number of alkyl halides is 6. The van der Waals surface area contributed by atoms with Crippen LogP contribution in [-0.2, 0) is 22.7 Å². The average molecular weight is 455 g/mol. The van der Waals surface area contributed by atoms with Crippen molar-refractivity contribution in [3.05, 3.63) is 82.9 Å². The van der Waals surface area contributed by atoms with Gasteiger partial charge in [-0.25, -0.2) is 0 Å². The molecular formula is C24H23F6NO. The van der Waals surface area contributed by atoms with Gasteiger partial charge in [0.1, 0.15) is 0 Å². The van der Waals surface area contributed by atoms with Crippen molar-refractivity contribution >= 4 is 5.91 Å². The summed E-state index contributed by atoms with van der Waals surface area (Å²) >= 11 is 0. The summed E-state index contributed by atoms with van der Waals surface area (Å²) in [5, 5.41) is 2.94. The standard InChI is InChI=1S/C24H23F6NO/c1-15-8-10-22(11-9-15,18-6-4-3-5-7-18)31-21(32)16(2)17-12-19(23(25,26)27)14-20(13-17)24(28,29)30/h3-7,12-14,16H,1,8-11H2,2H3,(H,31,32)/t16-/m0/s1. The summed E-state index contributed by atoms with van der Waals surface area (Å²) in [6, 6.07) is 10.4. The van der Waals surface area contributed by atoms with Gasteiger partial charge >= 0.3 is 12.4 Å². The molecule has 1 aliphatic rings. The first kappa shape index (κ1) is 23.9. The van der Waals surface area contributed by atoms with Crippen LogP contribution < -0.4 is 5.32 Å². The fourth-order valence-corrected chi connectivity index (χ4v) is 4.00. The zero-order valence-electron chi connectivity index (χ0n) is 17.4. The number of halogens is 6. The molecular weight excluding hydrogens is 432 g/mol. The number of carbonyl (C=O) groups is 1. The Kier molecular flexibility index (Phi) is 6.45. The summed E-state index contributed by atoms with van der Waals surface area (Å²) in [5.41, 5.74) is -2.10. The molecule has 1 fully saturated rings. The van der Waals surface area contributed by atoms with E-state index in [4.69, 9.17) is 0 Å². The van der Waals surface area contributed by atoms with Crippen LogP contribution in [0.5, 0.6) is 0 Å². The van der Waals surface area contributed by atoms with Crippen molar-refractivity contribution in [3.63, 3.8) is 0 Å². The number of amides is 1. The number of hydrogen-bond acceptors (Lipinski definition) is 1. The topological polar surface area (TPSA) is 29.1 Å². The lowest BCUT2D eigenvalue weighted by Crippen LogP contribution is -2.48. The van der Waals surface area contributed by atoms with Crippen LogP contribution in [0, 0.1) is 0 Å². The van der Waals surface area contributed by atoms with E-state index in [-0.39, 0.29) is 11.6 Å². The van der Waals surface area contributed by atoms with E-state index in [1.54, 1.807) is 0 Å². The summed E-state index contributed by atoms with van der Waals surface area (Å²) in [7, 11) is 0. The van der Waals surface area contributed by atoms with E-state index in [9.17, 15) is 31.1 Å². The van der Waals surface area contributed by atoms with Gasteiger partial charge in [0.2, 0.25) is 5.91 Å². The zero-order valence-corrected chi connectivity index (χ0v) is 17.4. The lowest BCUT2D eigenvalue weighted by molar-refractivity contribution is -0.143. The molecule has 2 nitrogen and oxygen atoms in total. The predicted molar refractivity (Wildman–Crippen MR) is 109 cm³/mol. The lowest BCUT2D eigenvalue weighted by atomic mass is 9.74. The van der Waals surface area contributed by atoms with Crippen LogP contribution in [0.25, 0.3) is 0 Å². The van der Waals surface area contributed by atoms with Crippen LogP contribution in [-0.4, -0.2) is 5.91 Å². The van der Waals surface area contributed by atoms with Crippen LogP contribution in [0.4, 0.5) is 26.3 Å². The second-order valence-electron chi connectivity index (χ2n) is 8.25. The molecule has 2 aromatic carbocycles. The Bertz CT molecular complexity index is 952. The van der Waals surface area contributed by atoms with Crippen LogP contribution in [0.15, 0.2) is 60.7 Å². The van der Waals surface area contributed by atoms with Gasteiger partial charge in [0, 0.05) is 0 Å². The number of rotatable bonds is 4. The van der Waals surface area contributed by atoms with Crippen molar-refractivity contribution in [2.45, 2.75) is 56.4 Å². The van der Waals surface area contributed by atoms with Gasteiger partial charge in [0.15, 0.2) is 0 Å². The molecule has 172 valence electrons. The largest absolute Gasteiger partial charge is 0.416 e. The summed E-state index contributed by atoms with van der Waals surface area (Å²) in [6.07, 6.45) is -7.53. The van der Waals surface area contributed by atoms with Gasteiger partial charge in [-0.05, 0) is 61.9 Å². The minimum absolute atomic E-state index is 0.0618. The Balaban J connectivity index is 1.96. The van der Waals surface area contributed by atoms with Crippen molar-refractivity contribution in [1.29, 1.82) is 0 Å². The molecule has 2 aromatic rings. The molecule has 0 unspecified atom stereocenters. The third-order valence-electron chi connectivity index (χ3n) is 6.00. The molecule has 1 N–H and O–H groups in total. The van der Waals surface area contributed by atoms with Crippen LogP contribution in [0.2, 0.25) is 0 Å². The SMILES string of the molecule is C=C1CCC(NC(=O)[C@@H](C)c2cc(C(F)(F)F)cc(C(F)(F)F)c2)(c2ccccc2)CC1. The zero-order chi connectivity index (χ0) is 23.7. The van der Waals surface area contributed by atoms with E-state index in [1.807, 2.05) is 30.3 Å². The molecule has 0 aromatic heterocycles. The quantitative estimate of drug-likeness (QED) is 0.392. The number of nitrogens with one attached hydrogen (secondary N) is 1. The molecule has 0 aliphatic heterocycles. The highest BCUT2D eigenvalue weighted by Crippen LogP contribution is 2.41. The highest BCUT2D eigenvalue weighted by atomic mass is 19.4. The van der Waals surface area contributed by atoms with Gasteiger partial charge < -0.3 is 5.32 Å². The monoisotopic (exact) mass is 455 g/mol. The summed E-state index contributed by atoms with van der Waals surface area (Å²) in [5.74, 6) is -1.85. The second kappa shape index (κ2) is 8.64. The average Bonchev–Trinajstić information content (AvgIpc) is 2.74. The second-order valence-corrected chi connectivity index (χ2v) is 8.25. The minimum atomic E-state index is -4.97. The first-order chi connectivity index (χ1) is 14.8. The summed E-state index contributed by atoms with van der Waals surface area (Å²) < 4.78 is 79.3. The van der Waals surface area contributed by atoms with Crippen molar-refractivity contribution in [2.24, 2.45) is 0 Å². The summed E-state index contributed by atoms with van der Waals surface area (Å²) in [4.78, 5) is 13.1. The fraction of sp³-hybridized carbons (Fsp3) is 0.375. The van der Waals surface area contributed by atoms with Crippen molar-refractivity contribution in [3.8, 4) is 0 Å². The van der Waals surface area contributed by atoms with Gasteiger partial charge in [0.05, 0.1) is 22.6 Å². The maximum Gasteiger partial charge on any atom is 0.416 e. The summed E-state index contributed by atoms with van der Waals surface area (Å²) in [6.45, 7) is 5.29. The lowest BCUT2D eigenvalue weighted by Gasteiger charge is -2.40. The van der Waals surface area contributed by atoms with E-state index < -0.39 is 40.8 Å². The van der Waals surface area contributed by atoms with Crippen molar-refractivity contribution in [2.75, 3.05) is 0 Å². The Labute approximate surface area is 182 Å². The van der Waals surface area contributed by atoms with Crippen molar-refractivity contribution < 1.29 is 31.1 Å². The molecule has 1 amide bonds. The van der Waals surface area contributed by atoms with Gasteiger partial charge in [-0.15, -0.1) is 0 Å². The van der Waals surface area contributed by atoms with Crippen LogP contribution in [0.1, 0.15) is 60.8 Å². The Morgan fingerprint density at radius 1 is 0.938 bits per heavy atom. The maximum atomic E-state index is 13.2. The molecule has 32 heavy (non-hydrogen) atoms. The number of hydrogen-bond donors (Lipinski definition) is 1. The van der Waals surface area contributed by atoms with Gasteiger partial charge in [-0.2, -0.15) is 26.3 Å². The Morgan fingerprint density at radius 3 is 1.91 bits per heavy atom. The van der Waals surface area contributed by atoms with E-state index in [0.717, 1.165) is 11.1 Å². The molecule has 8 heteroatoms. The Hall–Kier alpha value is -2.77. The highest BCUT2D eigenvalue weighted by molar-refractivity contribution is 5.84. The fourth-order valence-electron chi connectivity index (χ4n) is 4.00. The first-order valence-electron chi connectivity index (χ1n) is 10.2. The molecule has 1 atom stereocenters. The van der Waals surface area contributed by atoms with Crippen molar-refractivity contribution in [1.82, 2.24) is 5.32 Å². The molecule has 0 saturated heterocycles. The van der Waals surface area contributed by atoms with E-state index in [2.05, 4.69) is 11.9 Å². The van der Waals surface area contributed by atoms with Gasteiger partial charge in [-0.3, -0.25) is 4.79 Å². The molecule has 0 bridgehead atoms. The van der Waals surface area contributed by atoms with Gasteiger partial charge in [0.25, 0.3) is 0 Å². The first-order valence-corrected chi connectivity index (χ1v) is 10.2. The van der Waals surface area contributed by atoms with E-state index in [1.165, 1.54) is 6.92 Å². The van der Waals surface area contributed by atoms with E-state index >= 15 is 0 Å². The number of carbonyl (C=O) groups excluding carboxylic acids is 1. The molecule has 0 spiro atoms. The molecule has 1 saturated carbocycles.